The van der Waals surface area contributed by atoms with Gasteiger partial charge in [-0.1, -0.05) is 6.07 Å². The van der Waals surface area contributed by atoms with Crippen LogP contribution in [0, 0.1) is 0 Å². The lowest BCUT2D eigenvalue weighted by Gasteiger charge is -2.06. The van der Waals surface area contributed by atoms with Crippen molar-refractivity contribution >= 4 is 23.9 Å². The molecule has 0 spiro atoms. The smallest absolute Gasteiger partial charge is 0.352 e. The van der Waals surface area contributed by atoms with Crippen LogP contribution in [-0.4, -0.2) is 40.3 Å². The first-order valence-electron chi connectivity index (χ1n) is 5.96. The maximum absolute atomic E-state index is 10.9. The Morgan fingerprint density at radius 1 is 1.18 bits per heavy atom. The number of amides is 1. The summed E-state index contributed by atoms with van der Waals surface area (Å²) in [5.41, 5.74) is 0.228. The van der Waals surface area contributed by atoms with E-state index in [1.807, 2.05) is 0 Å². The molecule has 0 aliphatic rings. The van der Waals surface area contributed by atoms with Crippen LogP contribution in [0.1, 0.15) is 19.4 Å². The van der Waals surface area contributed by atoms with Gasteiger partial charge in [0.25, 0.3) is 5.97 Å². The van der Waals surface area contributed by atoms with Gasteiger partial charge in [0, 0.05) is 13.8 Å². The van der Waals surface area contributed by atoms with E-state index in [0.29, 0.717) is 5.56 Å². The van der Waals surface area contributed by atoms with E-state index in [1.54, 1.807) is 0 Å². The number of nitrogens with one attached hydrogen (secondary N) is 1. The van der Waals surface area contributed by atoms with Gasteiger partial charge >= 0.3 is 5.97 Å². The fourth-order valence-electron chi connectivity index (χ4n) is 1.29. The number of aliphatic carboxylic acids is 2. The van der Waals surface area contributed by atoms with E-state index in [-0.39, 0.29) is 17.2 Å². The number of methoxy groups -OCH3 is 1. The van der Waals surface area contributed by atoms with Gasteiger partial charge in [0.05, 0.1) is 7.11 Å². The zero-order valence-electron chi connectivity index (χ0n) is 12.3. The topological polar surface area (TPSA) is 133 Å². The molecule has 1 aromatic carbocycles. The summed E-state index contributed by atoms with van der Waals surface area (Å²) in [5.74, 6) is -2.39. The van der Waals surface area contributed by atoms with Gasteiger partial charge < -0.3 is 25.4 Å². The fraction of sp³-hybridized carbons (Fsp3) is 0.214. The Morgan fingerprint density at radius 2 is 1.73 bits per heavy atom. The molecule has 1 rings (SSSR count). The van der Waals surface area contributed by atoms with Gasteiger partial charge in [0.15, 0.2) is 11.5 Å². The monoisotopic (exact) mass is 311 g/mol. The predicted molar refractivity (Wildman–Crippen MR) is 77.4 cm³/mol. The number of aromatic hydroxyl groups is 1. The molecular formula is C14H17NO7. The Hall–Kier alpha value is -3.03. The Bertz CT molecular complexity index is 589. The van der Waals surface area contributed by atoms with E-state index in [9.17, 15) is 14.7 Å². The molecule has 0 aliphatic heterocycles. The zero-order valence-corrected chi connectivity index (χ0v) is 12.3. The lowest BCUT2D eigenvalue weighted by Crippen LogP contribution is -2.24. The van der Waals surface area contributed by atoms with E-state index in [4.69, 9.17) is 19.7 Å². The lowest BCUT2D eigenvalue weighted by atomic mass is 10.1. The molecule has 0 unspecified atom stereocenters. The van der Waals surface area contributed by atoms with Crippen molar-refractivity contribution in [2.45, 2.75) is 13.8 Å². The van der Waals surface area contributed by atoms with Crippen molar-refractivity contribution in [1.29, 1.82) is 0 Å². The summed E-state index contributed by atoms with van der Waals surface area (Å²) >= 11 is 0. The maximum atomic E-state index is 10.9. The lowest BCUT2D eigenvalue weighted by molar-refractivity contribution is -0.135. The van der Waals surface area contributed by atoms with Crippen LogP contribution in [-0.2, 0) is 14.4 Å². The number of rotatable bonds is 4. The molecule has 0 saturated heterocycles. The van der Waals surface area contributed by atoms with Gasteiger partial charge in [-0.05, 0) is 23.8 Å². The van der Waals surface area contributed by atoms with Crippen LogP contribution in [0.5, 0.6) is 11.5 Å². The fourth-order valence-corrected chi connectivity index (χ4v) is 1.29. The molecule has 1 aromatic rings. The molecule has 0 atom stereocenters. The summed E-state index contributed by atoms with van der Waals surface area (Å²) in [5, 5.41) is 27.9. The first-order chi connectivity index (χ1) is 10.2. The minimum Gasteiger partial charge on any atom is -0.504 e. The molecule has 0 saturated carbocycles. The number of carbonyl (C=O) groups is 3. The summed E-state index contributed by atoms with van der Waals surface area (Å²) in [6, 6.07) is 4.33. The Labute approximate surface area is 126 Å². The molecule has 0 aliphatic carbocycles. The number of carboxylic acids is 2. The first kappa shape index (κ1) is 19.0. The number of benzene rings is 1. The van der Waals surface area contributed by atoms with E-state index < -0.39 is 17.8 Å². The molecule has 0 radical (unpaired) electrons. The van der Waals surface area contributed by atoms with E-state index in [1.165, 1.54) is 38.3 Å². The van der Waals surface area contributed by atoms with Crippen molar-refractivity contribution < 1.29 is 34.4 Å². The summed E-state index contributed by atoms with van der Waals surface area (Å²) < 4.78 is 4.89. The van der Waals surface area contributed by atoms with Crippen LogP contribution >= 0.6 is 0 Å². The molecule has 120 valence electrons. The van der Waals surface area contributed by atoms with Gasteiger partial charge in [-0.3, -0.25) is 9.59 Å². The van der Waals surface area contributed by atoms with Crippen LogP contribution in [0.15, 0.2) is 23.9 Å². The molecule has 8 nitrogen and oxygen atoms in total. The molecule has 22 heavy (non-hydrogen) atoms. The van der Waals surface area contributed by atoms with Crippen molar-refractivity contribution in [3.8, 4) is 11.5 Å². The van der Waals surface area contributed by atoms with Crippen LogP contribution in [0.4, 0.5) is 0 Å². The van der Waals surface area contributed by atoms with Crippen LogP contribution < -0.4 is 10.1 Å². The van der Waals surface area contributed by atoms with Crippen LogP contribution in [0.2, 0.25) is 0 Å². The van der Waals surface area contributed by atoms with Gasteiger partial charge in [0.1, 0.15) is 5.70 Å². The summed E-state index contributed by atoms with van der Waals surface area (Å²) in [6.07, 6.45) is 1.27. The highest BCUT2D eigenvalue weighted by molar-refractivity contribution is 5.96. The van der Waals surface area contributed by atoms with Crippen molar-refractivity contribution in [2.75, 3.05) is 7.11 Å². The Balaban J connectivity index is 0.000000980. The summed E-state index contributed by atoms with van der Waals surface area (Å²) in [6.45, 7) is 2.30. The molecular weight excluding hydrogens is 294 g/mol. The third kappa shape index (κ3) is 7.53. The second kappa shape index (κ2) is 9.01. The minimum atomic E-state index is -1.25. The van der Waals surface area contributed by atoms with E-state index in [2.05, 4.69) is 5.32 Å². The molecule has 0 fully saturated rings. The average molecular weight is 311 g/mol. The molecule has 0 heterocycles. The highest BCUT2D eigenvalue weighted by Gasteiger charge is 2.09. The van der Waals surface area contributed by atoms with Crippen molar-refractivity contribution in [2.24, 2.45) is 0 Å². The van der Waals surface area contributed by atoms with Gasteiger partial charge in [0.2, 0.25) is 5.91 Å². The van der Waals surface area contributed by atoms with Gasteiger partial charge in [-0.15, -0.1) is 0 Å². The highest BCUT2D eigenvalue weighted by Crippen LogP contribution is 2.27. The maximum Gasteiger partial charge on any atom is 0.352 e. The van der Waals surface area contributed by atoms with Crippen molar-refractivity contribution in [3.63, 3.8) is 0 Å². The Kier molecular flexibility index (Phi) is 7.77. The van der Waals surface area contributed by atoms with Crippen LogP contribution in [0.3, 0.4) is 0 Å². The molecule has 1 amide bonds. The highest BCUT2D eigenvalue weighted by atomic mass is 16.5. The predicted octanol–water partition coefficient (Wildman–Crippen LogP) is 1.05. The van der Waals surface area contributed by atoms with E-state index in [0.717, 1.165) is 6.92 Å². The number of carboxylic acid groups (broad SMARTS) is 2. The first-order valence-corrected chi connectivity index (χ1v) is 5.96. The second-order valence-corrected chi connectivity index (χ2v) is 3.99. The Morgan fingerprint density at radius 3 is 2.14 bits per heavy atom. The molecule has 8 heteroatoms. The third-order valence-electron chi connectivity index (χ3n) is 2.06. The van der Waals surface area contributed by atoms with Crippen molar-refractivity contribution in [3.05, 3.63) is 29.5 Å². The molecule has 0 aromatic heterocycles. The van der Waals surface area contributed by atoms with Crippen molar-refractivity contribution in [1.82, 2.24) is 5.32 Å². The number of phenolic OH excluding ortho intramolecular Hbond substituents is 1. The SMILES string of the molecule is CC(=O)O.COc1cc(C=C(NC(C)=O)C(=O)O)ccc1O. The number of phenols is 1. The minimum absolute atomic E-state index is 0.0500. The van der Waals surface area contributed by atoms with Gasteiger partial charge in [-0.25, -0.2) is 4.79 Å². The number of ether oxygens (including phenoxy) is 1. The average Bonchev–Trinajstić information content (AvgIpc) is 2.38. The molecule has 0 bridgehead atoms. The molecule has 4 N–H and O–H groups in total. The normalized spacial score (nSPS) is 10.0. The van der Waals surface area contributed by atoms with Gasteiger partial charge in [-0.2, -0.15) is 0 Å². The second-order valence-electron chi connectivity index (χ2n) is 3.99. The zero-order chi connectivity index (χ0) is 17.3. The van der Waals surface area contributed by atoms with Crippen LogP contribution in [0.25, 0.3) is 6.08 Å². The number of carbonyl (C=O) groups excluding carboxylic acids is 1. The largest absolute Gasteiger partial charge is 0.504 e. The number of hydrogen-bond acceptors (Lipinski definition) is 5. The quantitative estimate of drug-likeness (QED) is 0.611. The summed E-state index contributed by atoms with van der Waals surface area (Å²) in [7, 11) is 1.38. The standard InChI is InChI=1S/C12H13NO5.C2H4O2/c1-7(14)13-9(12(16)17)5-8-3-4-10(15)11(6-8)18-2;1-2(3)4/h3-6,15H,1-2H3,(H,13,14)(H,16,17);1H3,(H,3,4). The van der Waals surface area contributed by atoms with E-state index >= 15 is 0 Å². The third-order valence-corrected chi connectivity index (χ3v) is 2.06. The summed E-state index contributed by atoms with van der Waals surface area (Å²) in [4.78, 5) is 30.7. The number of hydrogen-bond donors (Lipinski definition) is 4.